The third-order valence-corrected chi connectivity index (χ3v) is 5.04. The number of benzene rings is 2. The lowest BCUT2D eigenvalue weighted by Gasteiger charge is -2.21. The Kier molecular flexibility index (Phi) is 7.37. The molecule has 2 aromatic rings. The van der Waals surface area contributed by atoms with Gasteiger partial charge in [0.15, 0.2) is 0 Å². The Labute approximate surface area is 154 Å². The van der Waals surface area contributed by atoms with E-state index in [1.54, 1.807) is 0 Å². The van der Waals surface area contributed by atoms with E-state index in [9.17, 15) is 0 Å². The minimum Gasteiger partial charge on any atom is -0.494 e. The Balaban J connectivity index is 2.22. The molecule has 0 aliphatic rings. The van der Waals surface area contributed by atoms with Gasteiger partial charge in [0.05, 0.1) is 6.61 Å². The van der Waals surface area contributed by atoms with Gasteiger partial charge >= 0.3 is 0 Å². The van der Waals surface area contributed by atoms with E-state index in [4.69, 9.17) is 4.74 Å². The highest BCUT2D eigenvalue weighted by atomic mass is 127. The third-order valence-electron chi connectivity index (χ3n) is 3.99. The Hall–Kier alpha value is -1.07. The zero-order valence-corrected chi connectivity index (χ0v) is 16.4. The fourth-order valence-corrected chi connectivity index (χ4v) is 3.36. The van der Waals surface area contributed by atoms with Crippen molar-refractivity contribution >= 4 is 22.6 Å². The van der Waals surface area contributed by atoms with E-state index in [1.165, 1.54) is 14.7 Å². The summed E-state index contributed by atoms with van der Waals surface area (Å²) in [4.78, 5) is 2.26. The van der Waals surface area contributed by atoms with Crippen LogP contribution in [0.1, 0.15) is 30.4 Å². The van der Waals surface area contributed by atoms with Crippen LogP contribution in [0, 0.1) is 3.57 Å². The van der Waals surface area contributed by atoms with Crippen LogP contribution < -0.4 is 4.74 Å². The Morgan fingerprint density at radius 3 is 2.57 bits per heavy atom. The molecule has 0 radical (unpaired) electrons. The first-order valence-corrected chi connectivity index (χ1v) is 9.29. The average Bonchev–Trinajstić information content (AvgIpc) is 2.53. The molecule has 124 valence electrons. The topological polar surface area (TPSA) is 12.5 Å². The molecule has 0 saturated carbocycles. The van der Waals surface area contributed by atoms with Crippen molar-refractivity contribution in [1.82, 2.24) is 4.90 Å². The van der Waals surface area contributed by atoms with Gasteiger partial charge in [-0.15, -0.1) is 0 Å². The maximum atomic E-state index is 5.68. The maximum Gasteiger partial charge on any atom is 0.119 e. The molecule has 0 bridgehead atoms. The van der Waals surface area contributed by atoms with Crippen LogP contribution >= 0.6 is 22.6 Å². The van der Waals surface area contributed by atoms with Crippen molar-refractivity contribution in [1.29, 1.82) is 0 Å². The van der Waals surface area contributed by atoms with Gasteiger partial charge in [-0.25, -0.2) is 0 Å². The van der Waals surface area contributed by atoms with E-state index >= 15 is 0 Å². The Bertz CT molecular complexity index is 612. The van der Waals surface area contributed by atoms with Gasteiger partial charge < -0.3 is 9.64 Å². The summed E-state index contributed by atoms with van der Waals surface area (Å²) in [5.74, 6) is 1.48. The lowest BCUT2D eigenvalue weighted by molar-refractivity contribution is 0.339. The molecular formula is C20H26INO. The fraction of sp³-hybridized carbons (Fsp3) is 0.400. The number of nitrogens with zero attached hydrogens (tertiary/aromatic N) is 1. The van der Waals surface area contributed by atoms with Crippen molar-refractivity contribution < 1.29 is 4.74 Å². The summed E-state index contributed by atoms with van der Waals surface area (Å²) in [6.07, 6.45) is 2.22. The van der Waals surface area contributed by atoms with Crippen LogP contribution in [0.2, 0.25) is 0 Å². The Morgan fingerprint density at radius 1 is 1.09 bits per heavy atom. The molecule has 0 fully saturated rings. The maximum absolute atomic E-state index is 5.68. The molecule has 0 aromatic heterocycles. The molecule has 0 heterocycles. The summed E-state index contributed by atoms with van der Waals surface area (Å²) in [6, 6.07) is 17.3. The van der Waals surface area contributed by atoms with Crippen molar-refractivity contribution in [3.05, 3.63) is 63.2 Å². The van der Waals surface area contributed by atoms with Crippen LogP contribution in [-0.4, -0.2) is 32.1 Å². The third kappa shape index (κ3) is 5.81. The monoisotopic (exact) mass is 423 g/mol. The molecule has 2 aromatic carbocycles. The van der Waals surface area contributed by atoms with Gasteiger partial charge in [0.25, 0.3) is 0 Å². The molecule has 0 N–H and O–H groups in total. The first kappa shape index (κ1) is 18.3. The predicted molar refractivity (Wildman–Crippen MR) is 106 cm³/mol. The molecule has 2 rings (SSSR count). The average molecular weight is 423 g/mol. The van der Waals surface area contributed by atoms with Gasteiger partial charge in [-0.05, 0) is 98.2 Å². The summed E-state index contributed by atoms with van der Waals surface area (Å²) in [6.45, 7) is 3.83. The summed E-state index contributed by atoms with van der Waals surface area (Å²) in [5, 5.41) is 0. The van der Waals surface area contributed by atoms with E-state index in [0.29, 0.717) is 12.5 Å². The van der Waals surface area contributed by atoms with Crippen LogP contribution in [0.15, 0.2) is 48.5 Å². The standard InChI is InChI=1S/C20H26INO/c1-4-23-19-10-7-9-16(15-19)17(12-13-22(2)3)14-18-8-5-6-11-20(18)21/h5-11,15,17H,4,12-14H2,1-3H3. The molecule has 23 heavy (non-hydrogen) atoms. The highest BCUT2D eigenvalue weighted by Crippen LogP contribution is 2.29. The zero-order chi connectivity index (χ0) is 16.7. The van der Waals surface area contributed by atoms with Gasteiger partial charge in [0, 0.05) is 3.57 Å². The molecule has 2 nitrogen and oxygen atoms in total. The van der Waals surface area contributed by atoms with E-state index in [2.05, 4.69) is 84.1 Å². The summed E-state index contributed by atoms with van der Waals surface area (Å²) in [7, 11) is 4.28. The molecule has 0 amide bonds. The van der Waals surface area contributed by atoms with Crippen LogP contribution in [0.4, 0.5) is 0 Å². The minimum absolute atomic E-state index is 0.508. The largest absolute Gasteiger partial charge is 0.494 e. The lowest BCUT2D eigenvalue weighted by Crippen LogP contribution is -2.17. The molecule has 0 aliphatic heterocycles. The summed E-state index contributed by atoms with van der Waals surface area (Å²) >= 11 is 2.44. The number of rotatable bonds is 8. The van der Waals surface area contributed by atoms with Crippen molar-refractivity contribution in [2.24, 2.45) is 0 Å². The van der Waals surface area contributed by atoms with E-state index in [1.807, 2.05) is 13.0 Å². The first-order valence-electron chi connectivity index (χ1n) is 8.21. The molecular weight excluding hydrogens is 397 g/mol. The van der Waals surface area contributed by atoms with Gasteiger partial charge in [-0.1, -0.05) is 30.3 Å². The van der Waals surface area contributed by atoms with Crippen LogP contribution in [-0.2, 0) is 6.42 Å². The molecule has 1 unspecified atom stereocenters. The van der Waals surface area contributed by atoms with E-state index in [-0.39, 0.29) is 0 Å². The summed E-state index contributed by atoms with van der Waals surface area (Å²) < 4.78 is 7.03. The van der Waals surface area contributed by atoms with Crippen molar-refractivity contribution in [2.45, 2.75) is 25.7 Å². The van der Waals surface area contributed by atoms with Gasteiger partial charge in [-0.2, -0.15) is 0 Å². The SMILES string of the molecule is CCOc1cccc(C(CCN(C)C)Cc2ccccc2I)c1. The molecule has 1 atom stereocenters. The number of hydrogen-bond acceptors (Lipinski definition) is 2. The quantitative estimate of drug-likeness (QED) is 0.556. The normalized spacial score (nSPS) is 12.4. The minimum atomic E-state index is 0.508. The zero-order valence-electron chi connectivity index (χ0n) is 14.3. The highest BCUT2D eigenvalue weighted by Gasteiger charge is 2.15. The Morgan fingerprint density at radius 2 is 1.87 bits per heavy atom. The molecule has 0 saturated heterocycles. The van der Waals surface area contributed by atoms with Gasteiger partial charge in [0.2, 0.25) is 0 Å². The van der Waals surface area contributed by atoms with Crippen molar-refractivity contribution in [2.75, 3.05) is 27.2 Å². The fourth-order valence-electron chi connectivity index (χ4n) is 2.75. The molecule has 0 spiro atoms. The van der Waals surface area contributed by atoms with Gasteiger partial charge in [0.1, 0.15) is 5.75 Å². The second-order valence-corrected chi connectivity index (χ2v) is 7.25. The lowest BCUT2D eigenvalue weighted by atomic mass is 9.89. The predicted octanol–water partition coefficient (Wildman–Crippen LogP) is 4.97. The number of halogens is 1. The molecule has 0 aliphatic carbocycles. The number of hydrogen-bond donors (Lipinski definition) is 0. The van der Waals surface area contributed by atoms with E-state index in [0.717, 1.165) is 25.1 Å². The van der Waals surface area contributed by atoms with Crippen LogP contribution in [0.5, 0.6) is 5.75 Å². The van der Waals surface area contributed by atoms with Crippen LogP contribution in [0.3, 0.4) is 0 Å². The second-order valence-electron chi connectivity index (χ2n) is 6.09. The number of ether oxygens (including phenoxy) is 1. The highest BCUT2D eigenvalue weighted by molar-refractivity contribution is 14.1. The van der Waals surface area contributed by atoms with Crippen LogP contribution in [0.25, 0.3) is 0 Å². The van der Waals surface area contributed by atoms with Gasteiger partial charge in [-0.3, -0.25) is 0 Å². The van der Waals surface area contributed by atoms with Crippen molar-refractivity contribution in [3.63, 3.8) is 0 Å². The molecule has 3 heteroatoms. The van der Waals surface area contributed by atoms with E-state index < -0.39 is 0 Å². The summed E-state index contributed by atoms with van der Waals surface area (Å²) in [5.41, 5.74) is 2.80. The van der Waals surface area contributed by atoms with Crippen molar-refractivity contribution in [3.8, 4) is 5.75 Å². The second kappa shape index (κ2) is 9.28. The smallest absolute Gasteiger partial charge is 0.119 e. The first-order chi connectivity index (χ1) is 11.1.